The molecule has 0 radical (unpaired) electrons. The Labute approximate surface area is 194 Å². The van der Waals surface area contributed by atoms with E-state index in [1.165, 1.54) is 17.0 Å². The molecule has 0 atom stereocenters. The van der Waals surface area contributed by atoms with Gasteiger partial charge in [-0.15, -0.1) is 35.3 Å². The summed E-state index contributed by atoms with van der Waals surface area (Å²) < 4.78 is 0. The second kappa shape index (κ2) is 12.7. The highest BCUT2D eigenvalue weighted by atomic mass is 127. The van der Waals surface area contributed by atoms with Crippen LogP contribution < -0.4 is 15.5 Å². The molecular formula is C21H30IN5OS. The Hall–Kier alpha value is -1.81. The summed E-state index contributed by atoms with van der Waals surface area (Å²) in [7, 11) is 0. The molecule has 0 unspecified atom stereocenters. The highest BCUT2D eigenvalue weighted by molar-refractivity contribution is 14.0. The summed E-state index contributed by atoms with van der Waals surface area (Å²) in [6.07, 6.45) is 0.829. The van der Waals surface area contributed by atoms with Crippen LogP contribution in [0.5, 0.6) is 0 Å². The molecule has 0 spiro atoms. The minimum atomic E-state index is 0. The van der Waals surface area contributed by atoms with E-state index < -0.39 is 0 Å². The minimum absolute atomic E-state index is 0. The zero-order chi connectivity index (χ0) is 19.6. The molecule has 0 bridgehead atoms. The molecule has 8 heteroatoms. The number of thiophene rings is 1. The Kier molecular flexibility index (Phi) is 10.3. The molecule has 0 saturated carbocycles. The fourth-order valence-electron chi connectivity index (χ4n) is 3.20. The monoisotopic (exact) mass is 527 g/mol. The third kappa shape index (κ3) is 7.18. The van der Waals surface area contributed by atoms with Crippen LogP contribution in [0.1, 0.15) is 23.0 Å². The molecular weight excluding hydrogens is 497 g/mol. The Morgan fingerprint density at radius 2 is 1.83 bits per heavy atom. The van der Waals surface area contributed by atoms with Crippen molar-refractivity contribution >= 4 is 52.9 Å². The van der Waals surface area contributed by atoms with E-state index in [9.17, 15) is 4.79 Å². The van der Waals surface area contributed by atoms with E-state index in [0.29, 0.717) is 13.1 Å². The number of rotatable bonds is 7. The van der Waals surface area contributed by atoms with Gasteiger partial charge in [0.2, 0.25) is 0 Å². The van der Waals surface area contributed by atoms with Gasteiger partial charge in [0.05, 0.1) is 4.88 Å². The normalized spacial score (nSPS) is 14.3. The average Bonchev–Trinajstić information content (AvgIpc) is 3.28. The Balaban J connectivity index is 0.00000300. The van der Waals surface area contributed by atoms with Crippen LogP contribution in [0.2, 0.25) is 0 Å². The van der Waals surface area contributed by atoms with E-state index in [0.717, 1.165) is 50.0 Å². The second-order valence-corrected chi connectivity index (χ2v) is 7.58. The number of piperazine rings is 1. The molecule has 1 amide bonds. The number of hydrogen-bond acceptors (Lipinski definition) is 4. The van der Waals surface area contributed by atoms with Crippen molar-refractivity contribution < 1.29 is 4.79 Å². The summed E-state index contributed by atoms with van der Waals surface area (Å²) in [5.74, 6) is 0.975. The van der Waals surface area contributed by atoms with Crippen LogP contribution in [0, 0.1) is 0 Å². The molecule has 2 N–H and O–H groups in total. The Morgan fingerprint density at radius 1 is 1.07 bits per heavy atom. The molecule has 1 fully saturated rings. The van der Waals surface area contributed by atoms with Gasteiger partial charge in [-0.05, 0) is 36.9 Å². The largest absolute Gasteiger partial charge is 0.368 e. The van der Waals surface area contributed by atoms with Crippen LogP contribution in [0.4, 0.5) is 5.69 Å². The number of anilines is 1. The summed E-state index contributed by atoms with van der Waals surface area (Å²) >= 11 is 1.46. The fraction of sp³-hybridized carbons (Fsp3) is 0.429. The van der Waals surface area contributed by atoms with Gasteiger partial charge in [0.15, 0.2) is 5.96 Å². The number of amides is 1. The molecule has 1 aromatic carbocycles. The second-order valence-electron chi connectivity index (χ2n) is 6.63. The molecule has 2 heterocycles. The van der Waals surface area contributed by atoms with E-state index in [2.05, 4.69) is 57.7 Å². The van der Waals surface area contributed by atoms with Crippen molar-refractivity contribution in [1.82, 2.24) is 15.5 Å². The lowest BCUT2D eigenvalue weighted by atomic mass is 10.2. The standard InChI is InChI=1S/C21H29N5OS.HI/c1-2-22-21(24-12-7-11-23-20(27)19-10-6-17-28-19)26-15-13-25(14-16-26)18-8-4-3-5-9-18;/h3-6,8-10,17H,2,7,11-16H2,1H3,(H,22,24)(H,23,27);1H. The molecule has 2 aromatic rings. The lowest BCUT2D eigenvalue weighted by molar-refractivity contribution is 0.0957. The van der Waals surface area contributed by atoms with E-state index in [1.54, 1.807) is 0 Å². The van der Waals surface area contributed by atoms with Crippen LogP contribution >= 0.6 is 35.3 Å². The molecule has 1 saturated heterocycles. The van der Waals surface area contributed by atoms with Crippen molar-refractivity contribution in [2.75, 3.05) is 50.7 Å². The topological polar surface area (TPSA) is 60.0 Å². The molecule has 1 aromatic heterocycles. The van der Waals surface area contributed by atoms with Crippen molar-refractivity contribution in [3.05, 3.63) is 52.7 Å². The third-order valence-corrected chi connectivity index (χ3v) is 5.53. The summed E-state index contributed by atoms with van der Waals surface area (Å²) in [5.41, 5.74) is 1.28. The molecule has 29 heavy (non-hydrogen) atoms. The van der Waals surface area contributed by atoms with E-state index in [-0.39, 0.29) is 29.9 Å². The number of para-hydroxylation sites is 1. The first kappa shape index (κ1) is 23.5. The molecule has 1 aliphatic heterocycles. The van der Waals surface area contributed by atoms with E-state index in [4.69, 9.17) is 4.99 Å². The van der Waals surface area contributed by atoms with Gasteiger partial charge in [-0.3, -0.25) is 9.79 Å². The quantitative estimate of drug-likeness (QED) is 0.251. The van der Waals surface area contributed by atoms with Crippen molar-refractivity contribution in [3.63, 3.8) is 0 Å². The molecule has 3 rings (SSSR count). The minimum Gasteiger partial charge on any atom is -0.368 e. The smallest absolute Gasteiger partial charge is 0.261 e. The highest BCUT2D eigenvalue weighted by Crippen LogP contribution is 2.15. The number of carbonyl (C=O) groups is 1. The average molecular weight is 527 g/mol. The van der Waals surface area contributed by atoms with E-state index in [1.807, 2.05) is 17.5 Å². The van der Waals surface area contributed by atoms with Crippen molar-refractivity contribution in [2.24, 2.45) is 4.99 Å². The van der Waals surface area contributed by atoms with Crippen LogP contribution in [0.3, 0.4) is 0 Å². The van der Waals surface area contributed by atoms with Gasteiger partial charge in [-0.2, -0.15) is 0 Å². The first-order valence-corrected chi connectivity index (χ1v) is 10.8. The van der Waals surface area contributed by atoms with Gasteiger partial charge in [0, 0.05) is 51.5 Å². The van der Waals surface area contributed by atoms with E-state index >= 15 is 0 Å². The number of guanidine groups is 1. The first-order valence-electron chi connectivity index (χ1n) is 9.93. The zero-order valence-electron chi connectivity index (χ0n) is 16.8. The van der Waals surface area contributed by atoms with Crippen LogP contribution in [0.25, 0.3) is 0 Å². The number of aliphatic imine (C=N–C) groups is 1. The van der Waals surface area contributed by atoms with Crippen LogP contribution in [0.15, 0.2) is 52.8 Å². The Morgan fingerprint density at radius 3 is 2.48 bits per heavy atom. The molecule has 6 nitrogen and oxygen atoms in total. The highest BCUT2D eigenvalue weighted by Gasteiger charge is 2.19. The zero-order valence-corrected chi connectivity index (χ0v) is 20.0. The third-order valence-electron chi connectivity index (χ3n) is 4.66. The van der Waals surface area contributed by atoms with Crippen LogP contribution in [-0.4, -0.2) is 62.6 Å². The number of halogens is 1. The SMILES string of the molecule is CCNC(=NCCCNC(=O)c1cccs1)N1CCN(c2ccccc2)CC1.I. The number of benzene rings is 1. The number of carbonyl (C=O) groups excluding carboxylic acids is 1. The predicted octanol–water partition coefficient (Wildman–Crippen LogP) is 3.27. The molecule has 158 valence electrons. The number of nitrogens with zero attached hydrogens (tertiary/aromatic N) is 3. The number of hydrogen-bond donors (Lipinski definition) is 2. The number of nitrogens with one attached hydrogen (secondary N) is 2. The summed E-state index contributed by atoms with van der Waals surface area (Å²) in [5, 5.41) is 8.27. The van der Waals surface area contributed by atoms with Gasteiger partial charge in [0.1, 0.15) is 0 Å². The Bertz CT molecular complexity index is 746. The fourth-order valence-corrected chi connectivity index (χ4v) is 3.84. The van der Waals surface area contributed by atoms with Crippen molar-refractivity contribution in [2.45, 2.75) is 13.3 Å². The van der Waals surface area contributed by atoms with Gasteiger partial charge >= 0.3 is 0 Å². The summed E-state index contributed by atoms with van der Waals surface area (Å²) in [6, 6.07) is 14.3. The lowest BCUT2D eigenvalue weighted by Gasteiger charge is -2.37. The van der Waals surface area contributed by atoms with Gasteiger partial charge < -0.3 is 20.4 Å². The maximum absolute atomic E-state index is 11.9. The maximum atomic E-state index is 11.9. The van der Waals surface area contributed by atoms with Gasteiger partial charge in [-0.1, -0.05) is 24.3 Å². The predicted molar refractivity (Wildman–Crippen MR) is 133 cm³/mol. The summed E-state index contributed by atoms with van der Waals surface area (Å²) in [6.45, 7) is 8.18. The van der Waals surface area contributed by atoms with Crippen LogP contribution in [-0.2, 0) is 0 Å². The molecule has 1 aliphatic rings. The van der Waals surface area contributed by atoms with Gasteiger partial charge in [-0.25, -0.2) is 0 Å². The summed E-state index contributed by atoms with van der Waals surface area (Å²) in [4.78, 5) is 22.2. The van der Waals surface area contributed by atoms with Crippen molar-refractivity contribution in [3.8, 4) is 0 Å². The van der Waals surface area contributed by atoms with Gasteiger partial charge in [0.25, 0.3) is 5.91 Å². The lowest BCUT2D eigenvalue weighted by Crippen LogP contribution is -2.52. The molecule has 0 aliphatic carbocycles. The van der Waals surface area contributed by atoms with Crippen molar-refractivity contribution in [1.29, 1.82) is 0 Å². The maximum Gasteiger partial charge on any atom is 0.261 e. The first-order chi connectivity index (χ1) is 13.8.